The maximum atomic E-state index is 10.2. The summed E-state index contributed by atoms with van der Waals surface area (Å²) in [7, 11) is 0. The zero-order chi connectivity index (χ0) is 14.8. The Hall–Kier alpha value is -0.120. The third-order valence-corrected chi connectivity index (χ3v) is 3.12. The summed E-state index contributed by atoms with van der Waals surface area (Å²) in [5.41, 5.74) is -0.566. The fourth-order valence-corrected chi connectivity index (χ4v) is 2.76. The number of ether oxygens (including phenoxy) is 1. The molecule has 1 heterocycles. The van der Waals surface area contributed by atoms with Crippen molar-refractivity contribution < 1.29 is 9.94 Å². The molecule has 0 aromatic heterocycles. The molecule has 0 spiro atoms. The van der Waals surface area contributed by atoms with Crippen molar-refractivity contribution in [2.75, 3.05) is 0 Å². The predicted octanol–water partition coefficient (Wildman–Crippen LogP) is 4.24. The Labute approximate surface area is 113 Å². The Morgan fingerprint density at radius 1 is 1.00 bits per heavy atom. The summed E-state index contributed by atoms with van der Waals surface area (Å²) in [4.78, 5) is 0. The van der Waals surface area contributed by atoms with Gasteiger partial charge in [0, 0.05) is 11.1 Å². The Morgan fingerprint density at radius 2 is 1.33 bits per heavy atom. The van der Waals surface area contributed by atoms with Crippen LogP contribution in [0.15, 0.2) is 0 Å². The van der Waals surface area contributed by atoms with Crippen LogP contribution in [0, 0.1) is 0 Å². The first kappa shape index (κ1) is 17.9. The van der Waals surface area contributed by atoms with Crippen molar-refractivity contribution in [2.45, 2.75) is 97.9 Å². The molecule has 1 rings (SSSR count). The van der Waals surface area contributed by atoms with Gasteiger partial charge >= 0.3 is 0 Å². The minimum Gasteiger partial charge on any atom is -0.372 e. The van der Waals surface area contributed by atoms with Crippen molar-refractivity contribution in [1.82, 2.24) is 5.06 Å². The minimum absolute atomic E-state index is 0.117. The lowest BCUT2D eigenvalue weighted by molar-refractivity contribution is -0.268. The van der Waals surface area contributed by atoms with E-state index in [1.807, 2.05) is 13.8 Å². The van der Waals surface area contributed by atoms with Crippen LogP contribution in [-0.2, 0) is 4.74 Å². The number of hydrogen-bond donors (Lipinski definition) is 1. The smallest absolute Gasteiger partial charge is 0.0618 e. The minimum atomic E-state index is -0.225. The third-order valence-electron chi connectivity index (χ3n) is 3.12. The summed E-state index contributed by atoms with van der Waals surface area (Å²) in [5.74, 6) is 0. The first-order valence-electron chi connectivity index (χ1n) is 7.11. The van der Waals surface area contributed by atoms with Crippen LogP contribution in [0.5, 0.6) is 0 Å². The van der Waals surface area contributed by atoms with Crippen LogP contribution < -0.4 is 0 Å². The second-order valence-corrected chi connectivity index (χ2v) is 7.20. The first-order chi connectivity index (χ1) is 7.94. The van der Waals surface area contributed by atoms with Crippen LogP contribution >= 0.6 is 0 Å². The molecule has 1 N–H and O–H groups in total. The van der Waals surface area contributed by atoms with Crippen LogP contribution in [0.25, 0.3) is 0 Å². The van der Waals surface area contributed by atoms with Crippen LogP contribution in [0.3, 0.4) is 0 Å². The van der Waals surface area contributed by atoms with Gasteiger partial charge in [0.15, 0.2) is 0 Å². The van der Waals surface area contributed by atoms with Crippen molar-refractivity contribution in [3.63, 3.8) is 0 Å². The molecular formula is C15H33NO2. The average Bonchev–Trinajstić information content (AvgIpc) is 2.13. The maximum Gasteiger partial charge on any atom is 0.0618 e. The molecular weight excluding hydrogens is 226 g/mol. The SMILES string of the molecule is CC.CC(C)(C)OC1CC(C)(C)N(O)C(C)(C)C1. The summed E-state index contributed by atoms with van der Waals surface area (Å²) >= 11 is 0. The molecule has 3 nitrogen and oxygen atoms in total. The number of piperidine rings is 1. The molecule has 18 heavy (non-hydrogen) atoms. The van der Waals surface area contributed by atoms with Gasteiger partial charge in [0.25, 0.3) is 0 Å². The highest BCUT2D eigenvalue weighted by Gasteiger charge is 2.46. The van der Waals surface area contributed by atoms with Crippen molar-refractivity contribution in [3.8, 4) is 0 Å². The molecule has 1 fully saturated rings. The first-order valence-corrected chi connectivity index (χ1v) is 7.11. The fourth-order valence-electron chi connectivity index (χ4n) is 2.76. The molecule has 0 amide bonds. The quantitative estimate of drug-likeness (QED) is 0.764. The van der Waals surface area contributed by atoms with E-state index < -0.39 is 0 Å². The molecule has 0 radical (unpaired) electrons. The molecule has 0 aliphatic carbocycles. The van der Waals surface area contributed by atoms with Crippen LogP contribution in [0.4, 0.5) is 0 Å². The van der Waals surface area contributed by atoms with Gasteiger partial charge in [0.1, 0.15) is 0 Å². The maximum absolute atomic E-state index is 10.2. The number of nitrogens with zero attached hydrogens (tertiary/aromatic N) is 1. The van der Waals surface area contributed by atoms with E-state index >= 15 is 0 Å². The molecule has 3 heteroatoms. The van der Waals surface area contributed by atoms with Gasteiger partial charge in [-0.15, -0.1) is 0 Å². The molecule has 0 aromatic rings. The summed E-state index contributed by atoms with van der Waals surface area (Å²) in [5, 5.41) is 11.6. The van der Waals surface area contributed by atoms with Gasteiger partial charge in [-0.25, -0.2) is 0 Å². The van der Waals surface area contributed by atoms with Gasteiger partial charge in [-0.05, 0) is 61.3 Å². The Morgan fingerprint density at radius 3 is 1.61 bits per heavy atom. The van der Waals surface area contributed by atoms with E-state index in [1.165, 1.54) is 5.06 Å². The van der Waals surface area contributed by atoms with Gasteiger partial charge in [-0.3, -0.25) is 0 Å². The lowest BCUT2D eigenvalue weighted by atomic mass is 9.80. The average molecular weight is 259 g/mol. The lowest BCUT2D eigenvalue weighted by Gasteiger charge is -2.52. The molecule has 0 unspecified atom stereocenters. The second kappa shape index (κ2) is 5.89. The van der Waals surface area contributed by atoms with Crippen LogP contribution in [-0.4, -0.2) is 33.1 Å². The van der Waals surface area contributed by atoms with E-state index in [9.17, 15) is 5.21 Å². The van der Waals surface area contributed by atoms with E-state index in [-0.39, 0.29) is 22.8 Å². The number of hydroxylamine groups is 2. The van der Waals surface area contributed by atoms with Gasteiger partial charge in [0.2, 0.25) is 0 Å². The molecule has 1 aliphatic heterocycles. The van der Waals surface area contributed by atoms with Gasteiger partial charge in [-0.1, -0.05) is 13.8 Å². The van der Waals surface area contributed by atoms with Crippen molar-refractivity contribution in [1.29, 1.82) is 0 Å². The highest BCUT2D eigenvalue weighted by molar-refractivity contribution is 4.97. The monoisotopic (exact) mass is 259 g/mol. The van der Waals surface area contributed by atoms with E-state index in [1.54, 1.807) is 0 Å². The Kier molecular flexibility index (Phi) is 5.85. The van der Waals surface area contributed by atoms with E-state index in [0.717, 1.165) is 12.8 Å². The zero-order valence-electron chi connectivity index (χ0n) is 13.8. The summed E-state index contributed by atoms with van der Waals surface area (Å²) in [6.07, 6.45) is 1.95. The largest absolute Gasteiger partial charge is 0.372 e. The topological polar surface area (TPSA) is 32.7 Å². The highest BCUT2D eigenvalue weighted by atomic mass is 16.5. The van der Waals surface area contributed by atoms with E-state index in [0.29, 0.717) is 0 Å². The van der Waals surface area contributed by atoms with Crippen molar-refractivity contribution in [3.05, 3.63) is 0 Å². The standard InChI is InChI=1S/C13H27NO2.C2H6/c1-11(2,3)16-10-8-12(4,5)14(15)13(6,7)9-10;1-2/h10,15H,8-9H2,1-7H3;1-2H3. The molecule has 1 saturated heterocycles. The van der Waals surface area contributed by atoms with Crippen LogP contribution in [0.1, 0.15) is 75.2 Å². The Balaban J connectivity index is 0.00000137. The molecule has 0 atom stereocenters. The predicted molar refractivity (Wildman–Crippen MR) is 77.0 cm³/mol. The van der Waals surface area contributed by atoms with Gasteiger partial charge < -0.3 is 9.94 Å². The summed E-state index contributed by atoms with van der Waals surface area (Å²) in [6.45, 7) is 18.5. The molecule has 0 bridgehead atoms. The number of rotatable bonds is 1. The second-order valence-electron chi connectivity index (χ2n) is 7.20. The highest BCUT2D eigenvalue weighted by Crippen LogP contribution is 2.39. The Bertz CT molecular complexity index is 236. The summed E-state index contributed by atoms with van der Waals surface area (Å²) < 4.78 is 6.06. The number of hydrogen-bond acceptors (Lipinski definition) is 3. The van der Waals surface area contributed by atoms with E-state index in [4.69, 9.17) is 4.74 Å². The third kappa shape index (κ3) is 4.87. The normalized spacial score (nSPS) is 24.3. The zero-order valence-corrected chi connectivity index (χ0v) is 13.8. The summed E-state index contributed by atoms with van der Waals surface area (Å²) in [6, 6.07) is 0. The van der Waals surface area contributed by atoms with Crippen molar-refractivity contribution >= 4 is 0 Å². The lowest BCUT2D eigenvalue weighted by Crippen LogP contribution is -2.61. The van der Waals surface area contributed by atoms with Crippen LogP contribution in [0.2, 0.25) is 0 Å². The molecule has 0 aromatic carbocycles. The molecule has 110 valence electrons. The van der Waals surface area contributed by atoms with Crippen molar-refractivity contribution in [2.24, 2.45) is 0 Å². The van der Waals surface area contributed by atoms with Gasteiger partial charge in [0.05, 0.1) is 11.7 Å². The molecule has 0 saturated carbocycles. The molecule has 1 aliphatic rings. The van der Waals surface area contributed by atoms with Gasteiger partial charge in [-0.2, -0.15) is 5.06 Å². The van der Waals surface area contributed by atoms with E-state index in [2.05, 4.69) is 48.5 Å². The fraction of sp³-hybridized carbons (Fsp3) is 1.00.